The van der Waals surface area contributed by atoms with E-state index in [2.05, 4.69) is 62.9 Å². The molecule has 1 atom stereocenters. The Morgan fingerprint density at radius 1 is 1.21 bits per heavy atom. The monoisotopic (exact) mass is 279 g/mol. The minimum absolute atomic E-state index is 0.0654. The van der Waals surface area contributed by atoms with E-state index >= 15 is 0 Å². The summed E-state index contributed by atoms with van der Waals surface area (Å²) in [5.74, 6) is 1.30. The van der Waals surface area contributed by atoms with E-state index in [-0.39, 0.29) is 10.9 Å². The Hall–Kier alpha value is -0.470. The van der Waals surface area contributed by atoms with Crippen LogP contribution in [0.3, 0.4) is 0 Å². The van der Waals surface area contributed by atoms with E-state index in [0.29, 0.717) is 10.8 Å². The highest BCUT2D eigenvalue weighted by atomic mass is 32.2. The minimum atomic E-state index is -0.0654. The van der Waals surface area contributed by atoms with E-state index < -0.39 is 0 Å². The minimum Gasteiger partial charge on any atom is -0.313 e. The van der Waals surface area contributed by atoms with Crippen LogP contribution in [0, 0.1) is 10.8 Å². The summed E-state index contributed by atoms with van der Waals surface area (Å²) >= 11 is 0. The van der Waals surface area contributed by atoms with Crippen LogP contribution in [-0.4, -0.2) is 18.8 Å². The Morgan fingerprint density at radius 3 is 2.47 bits per heavy atom. The van der Waals surface area contributed by atoms with Crippen molar-refractivity contribution in [3.63, 3.8) is 0 Å². The maximum absolute atomic E-state index is 3.41. The third-order valence-corrected chi connectivity index (χ3v) is 6.43. The number of allylic oxidation sites excluding steroid dienone is 2. The van der Waals surface area contributed by atoms with Crippen molar-refractivity contribution in [1.29, 1.82) is 0 Å². The average molecular weight is 279 g/mol. The molecule has 1 nitrogen and oxygen atoms in total. The molecule has 0 spiro atoms. The molecular weight excluding hydrogens is 250 g/mol. The molecule has 0 saturated carbocycles. The van der Waals surface area contributed by atoms with Crippen molar-refractivity contribution in [3.8, 4) is 0 Å². The van der Waals surface area contributed by atoms with Crippen molar-refractivity contribution in [2.75, 3.05) is 18.8 Å². The van der Waals surface area contributed by atoms with Gasteiger partial charge in [0.15, 0.2) is 0 Å². The van der Waals surface area contributed by atoms with Gasteiger partial charge in [0.2, 0.25) is 0 Å². The summed E-state index contributed by atoms with van der Waals surface area (Å²) in [4.78, 5) is 0. The zero-order chi connectivity index (χ0) is 14.1. The van der Waals surface area contributed by atoms with Crippen LogP contribution in [-0.2, 0) is 0 Å². The molecule has 0 bridgehead atoms. The fraction of sp³-hybridized carbons (Fsp3) is 0.647. The van der Waals surface area contributed by atoms with E-state index in [1.807, 2.05) is 0 Å². The number of nitrogens with one attached hydrogen (secondary N) is 1. The predicted molar refractivity (Wildman–Crippen MR) is 89.9 cm³/mol. The molecule has 0 radical (unpaired) electrons. The molecule has 108 valence electrons. The van der Waals surface area contributed by atoms with Crippen molar-refractivity contribution in [2.45, 2.75) is 41.0 Å². The fourth-order valence-electron chi connectivity index (χ4n) is 2.78. The normalized spacial score (nSPS) is 26.3. The first-order valence-corrected chi connectivity index (χ1v) is 9.02. The molecule has 2 heterocycles. The fourth-order valence-corrected chi connectivity index (χ4v) is 5.36. The molecule has 2 heteroatoms. The largest absolute Gasteiger partial charge is 0.313 e. The molecule has 0 aromatic rings. The summed E-state index contributed by atoms with van der Waals surface area (Å²) in [7, 11) is -0.0654. The second kappa shape index (κ2) is 5.49. The second-order valence-corrected chi connectivity index (χ2v) is 9.29. The highest BCUT2D eigenvalue weighted by Gasteiger charge is 2.27. The van der Waals surface area contributed by atoms with Gasteiger partial charge in [0, 0.05) is 6.54 Å². The van der Waals surface area contributed by atoms with Crippen molar-refractivity contribution >= 4 is 10.9 Å². The molecule has 0 aromatic heterocycles. The summed E-state index contributed by atoms with van der Waals surface area (Å²) < 4.78 is 0. The SMILES string of the molecule is CC(C)(C)C1=C[SH](CC(C)(C)C2=CCNCC2)C=C1. The number of hydrogen-bond donors (Lipinski definition) is 2. The Kier molecular flexibility index (Phi) is 4.32. The molecule has 0 aromatic carbocycles. The Morgan fingerprint density at radius 2 is 1.95 bits per heavy atom. The summed E-state index contributed by atoms with van der Waals surface area (Å²) in [5, 5.41) is 8.41. The zero-order valence-electron chi connectivity index (χ0n) is 13.1. The lowest BCUT2D eigenvalue weighted by Crippen LogP contribution is -2.28. The van der Waals surface area contributed by atoms with Crippen molar-refractivity contribution < 1.29 is 0 Å². The molecule has 0 fully saturated rings. The van der Waals surface area contributed by atoms with Crippen molar-refractivity contribution in [3.05, 3.63) is 34.1 Å². The van der Waals surface area contributed by atoms with Crippen molar-refractivity contribution in [1.82, 2.24) is 5.32 Å². The first-order chi connectivity index (χ1) is 8.79. The topological polar surface area (TPSA) is 12.0 Å². The van der Waals surface area contributed by atoms with Gasteiger partial charge in [-0.1, -0.05) is 52.3 Å². The van der Waals surface area contributed by atoms with Gasteiger partial charge in [0.1, 0.15) is 0 Å². The van der Waals surface area contributed by atoms with Gasteiger partial charge >= 0.3 is 0 Å². The van der Waals surface area contributed by atoms with E-state index in [1.54, 1.807) is 5.57 Å². The Balaban J connectivity index is 2.04. The molecule has 1 unspecified atom stereocenters. The first kappa shape index (κ1) is 14.9. The van der Waals surface area contributed by atoms with Crippen LogP contribution in [0.25, 0.3) is 0 Å². The van der Waals surface area contributed by atoms with Gasteiger partial charge in [-0.25, -0.2) is 10.9 Å². The van der Waals surface area contributed by atoms with E-state index in [9.17, 15) is 0 Å². The molecule has 0 amide bonds. The molecule has 2 aliphatic heterocycles. The van der Waals surface area contributed by atoms with Crippen LogP contribution in [0.1, 0.15) is 41.0 Å². The molecule has 2 rings (SSSR count). The lowest BCUT2D eigenvalue weighted by molar-refractivity contribution is 0.473. The summed E-state index contributed by atoms with van der Waals surface area (Å²) in [5.41, 5.74) is 3.82. The maximum atomic E-state index is 3.41. The summed E-state index contributed by atoms with van der Waals surface area (Å²) in [6.45, 7) is 14.0. The van der Waals surface area contributed by atoms with E-state index in [1.165, 1.54) is 17.7 Å². The number of hydrogen-bond acceptors (Lipinski definition) is 1. The molecule has 19 heavy (non-hydrogen) atoms. The van der Waals surface area contributed by atoms with Gasteiger partial charge in [0.05, 0.1) is 0 Å². The van der Waals surface area contributed by atoms with Gasteiger partial charge in [0.25, 0.3) is 0 Å². The maximum Gasteiger partial charge on any atom is 0.0137 e. The van der Waals surface area contributed by atoms with Crippen LogP contribution >= 0.6 is 10.9 Å². The predicted octanol–water partition coefficient (Wildman–Crippen LogP) is 4.39. The smallest absolute Gasteiger partial charge is 0.0137 e. The van der Waals surface area contributed by atoms with Crippen LogP contribution in [0.15, 0.2) is 34.1 Å². The van der Waals surface area contributed by atoms with Gasteiger partial charge in [-0.3, -0.25) is 0 Å². The van der Waals surface area contributed by atoms with Gasteiger partial charge in [-0.15, -0.1) is 0 Å². The molecular formula is C17H29NS. The molecule has 1 N–H and O–H groups in total. The average Bonchev–Trinajstić information content (AvgIpc) is 2.78. The second-order valence-electron chi connectivity index (χ2n) is 7.39. The van der Waals surface area contributed by atoms with Crippen molar-refractivity contribution in [2.24, 2.45) is 10.8 Å². The van der Waals surface area contributed by atoms with Crippen LogP contribution in [0.4, 0.5) is 0 Å². The lowest BCUT2D eigenvalue weighted by atomic mass is 9.83. The van der Waals surface area contributed by atoms with Gasteiger partial charge in [-0.2, -0.15) is 0 Å². The highest BCUT2D eigenvalue weighted by Crippen LogP contribution is 2.47. The van der Waals surface area contributed by atoms with E-state index in [4.69, 9.17) is 0 Å². The number of rotatable bonds is 3. The van der Waals surface area contributed by atoms with Crippen LogP contribution in [0.2, 0.25) is 0 Å². The Bertz CT molecular complexity index is 421. The van der Waals surface area contributed by atoms with Crippen LogP contribution in [0.5, 0.6) is 0 Å². The Labute approximate surface area is 121 Å². The van der Waals surface area contributed by atoms with Gasteiger partial charge in [-0.05, 0) is 45.9 Å². The van der Waals surface area contributed by atoms with Crippen LogP contribution < -0.4 is 5.32 Å². The standard InChI is InChI=1S/C17H29NS/c1-16(2,3)15-8-11-19(12-15)13-17(4,5)14-6-9-18-10-7-14/h6,8,11-12,18-19H,7,9-10,13H2,1-5H3. The number of thiol groups is 1. The summed E-state index contributed by atoms with van der Waals surface area (Å²) in [6, 6.07) is 0. The quantitative estimate of drug-likeness (QED) is 0.577. The molecule has 0 saturated heterocycles. The molecule has 2 aliphatic rings. The summed E-state index contributed by atoms with van der Waals surface area (Å²) in [6.07, 6.45) is 5.99. The van der Waals surface area contributed by atoms with E-state index in [0.717, 1.165) is 13.1 Å². The third-order valence-electron chi connectivity index (χ3n) is 4.13. The zero-order valence-corrected chi connectivity index (χ0v) is 14.0. The first-order valence-electron chi connectivity index (χ1n) is 7.35. The highest BCUT2D eigenvalue weighted by molar-refractivity contribution is 8.22. The lowest BCUT2D eigenvalue weighted by Gasteiger charge is -2.33. The molecule has 0 aliphatic carbocycles. The van der Waals surface area contributed by atoms with Gasteiger partial charge < -0.3 is 5.32 Å². The third kappa shape index (κ3) is 3.76.